The van der Waals surface area contributed by atoms with Crippen molar-refractivity contribution in [3.63, 3.8) is 0 Å². The maximum absolute atomic E-state index is 14.1. The SMILES string of the molecule is NC1=NC2(CCCCC2)N(c2ccc(F)cc2C(=O)Cc2ccccc2)C(N)=N1. The molecule has 0 amide bonds. The Hall–Kier alpha value is -3.22. The Bertz CT molecular complexity index is 980. The van der Waals surface area contributed by atoms with Crippen LogP contribution in [0.3, 0.4) is 0 Å². The number of carbonyl (C=O) groups excluding carboxylic acids is 1. The van der Waals surface area contributed by atoms with Gasteiger partial charge < -0.3 is 11.5 Å². The summed E-state index contributed by atoms with van der Waals surface area (Å²) < 4.78 is 14.1. The lowest BCUT2D eigenvalue weighted by molar-refractivity contribution is 0.0993. The lowest BCUT2D eigenvalue weighted by Crippen LogP contribution is -2.58. The van der Waals surface area contributed by atoms with Gasteiger partial charge in [-0.1, -0.05) is 36.8 Å². The van der Waals surface area contributed by atoms with E-state index in [1.54, 1.807) is 11.0 Å². The van der Waals surface area contributed by atoms with Gasteiger partial charge in [0.2, 0.25) is 11.9 Å². The molecular formula is C22H24FN5O. The third kappa shape index (κ3) is 3.72. The highest BCUT2D eigenvalue weighted by Crippen LogP contribution is 2.40. The number of hydrogen-bond donors (Lipinski definition) is 2. The number of Topliss-reactive ketones (excluding diaryl/α,β-unsaturated/α-hetero) is 1. The molecule has 0 aromatic heterocycles. The molecule has 1 aliphatic heterocycles. The molecular weight excluding hydrogens is 369 g/mol. The minimum absolute atomic E-state index is 0.139. The van der Waals surface area contributed by atoms with Gasteiger partial charge in [-0.25, -0.2) is 9.38 Å². The van der Waals surface area contributed by atoms with Crippen molar-refractivity contribution in [3.05, 3.63) is 65.5 Å². The average Bonchev–Trinajstić information content (AvgIpc) is 2.69. The molecule has 7 heteroatoms. The number of nitrogens with zero attached hydrogens (tertiary/aromatic N) is 3. The van der Waals surface area contributed by atoms with Crippen molar-refractivity contribution in [1.82, 2.24) is 0 Å². The van der Waals surface area contributed by atoms with Gasteiger partial charge in [0.25, 0.3) is 0 Å². The van der Waals surface area contributed by atoms with E-state index in [2.05, 4.69) is 9.98 Å². The Morgan fingerprint density at radius 1 is 1.07 bits per heavy atom. The average molecular weight is 393 g/mol. The Balaban J connectivity index is 1.78. The van der Waals surface area contributed by atoms with Crippen LogP contribution in [0.5, 0.6) is 0 Å². The minimum Gasteiger partial charge on any atom is -0.369 e. The van der Waals surface area contributed by atoms with Crippen LogP contribution in [-0.4, -0.2) is 23.4 Å². The van der Waals surface area contributed by atoms with Gasteiger partial charge >= 0.3 is 0 Å². The molecule has 2 aliphatic rings. The number of anilines is 1. The van der Waals surface area contributed by atoms with Crippen LogP contribution in [0.1, 0.15) is 48.0 Å². The van der Waals surface area contributed by atoms with Crippen LogP contribution in [0.4, 0.5) is 10.1 Å². The number of benzene rings is 2. The summed E-state index contributed by atoms with van der Waals surface area (Å²) in [7, 11) is 0. The van der Waals surface area contributed by atoms with Gasteiger partial charge in [0, 0.05) is 12.0 Å². The topological polar surface area (TPSA) is 97.1 Å². The maximum Gasteiger partial charge on any atom is 0.220 e. The molecule has 1 fully saturated rings. The highest BCUT2D eigenvalue weighted by atomic mass is 19.1. The molecule has 0 radical (unpaired) electrons. The molecule has 2 aromatic carbocycles. The van der Waals surface area contributed by atoms with Crippen LogP contribution in [-0.2, 0) is 6.42 Å². The van der Waals surface area contributed by atoms with E-state index in [-0.39, 0.29) is 29.7 Å². The van der Waals surface area contributed by atoms with E-state index in [0.717, 1.165) is 37.7 Å². The summed E-state index contributed by atoms with van der Waals surface area (Å²) in [6.07, 6.45) is 4.69. The molecule has 29 heavy (non-hydrogen) atoms. The molecule has 1 spiro atoms. The van der Waals surface area contributed by atoms with Gasteiger partial charge in [-0.05, 0) is 49.4 Å². The third-order valence-electron chi connectivity index (χ3n) is 5.56. The van der Waals surface area contributed by atoms with Crippen molar-refractivity contribution in [1.29, 1.82) is 0 Å². The maximum atomic E-state index is 14.1. The van der Waals surface area contributed by atoms with Crippen molar-refractivity contribution in [2.75, 3.05) is 4.90 Å². The number of hydrogen-bond acceptors (Lipinski definition) is 6. The Morgan fingerprint density at radius 3 is 2.52 bits per heavy atom. The molecule has 4 rings (SSSR count). The monoisotopic (exact) mass is 393 g/mol. The van der Waals surface area contributed by atoms with Gasteiger partial charge in [0.05, 0.1) is 5.69 Å². The number of halogens is 1. The Morgan fingerprint density at radius 2 is 1.79 bits per heavy atom. The van der Waals surface area contributed by atoms with E-state index >= 15 is 0 Å². The lowest BCUT2D eigenvalue weighted by atomic mass is 9.86. The second-order valence-electron chi connectivity index (χ2n) is 7.57. The van der Waals surface area contributed by atoms with E-state index in [4.69, 9.17) is 11.5 Å². The first-order valence-corrected chi connectivity index (χ1v) is 9.85. The third-order valence-corrected chi connectivity index (χ3v) is 5.56. The first kappa shape index (κ1) is 19.1. The number of carbonyl (C=O) groups is 1. The van der Waals surface area contributed by atoms with Crippen molar-refractivity contribution in [2.45, 2.75) is 44.2 Å². The number of rotatable bonds is 4. The Kier molecular flexibility index (Phi) is 5.05. The number of ketones is 1. The first-order valence-electron chi connectivity index (χ1n) is 9.85. The highest BCUT2D eigenvalue weighted by molar-refractivity contribution is 6.10. The molecule has 2 aromatic rings. The smallest absolute Gasteiger partial charge is 0.220 e. The molecule has 0 saturated heterocycles. The van der Waals surface area contributed by atoms with E-state index in [1.165, 1.54) is 12.1 Å². The van der Waals surface area contributed by atoms with Gasteiger partial charge in [0.15, 0.2) is 5.78 Å². The highest BCUT2D eigenvalue weighted by Gasteiger charge is 2.43. The quantitative estimate of drug-likeness (QED) is 0.779. The summed E-state index contributed by atoms with van der Waals surface area (Å²) in [6, 6.07) is 13.6. The summed E-state index contributed by atoms with van der Waals surface area (Å²) in [6.45, 7) is 0. The van der Waals surface area contributed by atoms with E-state index in [1.807, 2.05) is 30.3 Å². The zero-order chi connectivity index (χ0) is 20.4. The molecule has 4 N–H and O–H groups in total. The van der Waals surface area contributed by atoms with Crippen LogP contribution in [0.2, 0.25) is 0 Å². The predicted molar refractivity (Wildman–Crippen MR) is 112 cm³/mol. The van der Waals surface area contributed by atoms with Crippen molar-refractivity contribution in [2.24, 2.45) is 21.5 Å². The fourth-order valence-corrected chi connectivity index (χ4v) is 4.27. The molecule has 1 heterocycles. The van der Waals surface area contributed by atoms with Crippen LogP contribution < -0.4 is 16.4 Å². The van der Waals surface area contributed by atoms with Crippen LogP contribution >= 0.6 is 0 Å². The molecule has 1 aliphatic carbocycles. The number of nitrogens with two attached hydrogens (primary N) is 2. The molecule has 0 unspecified atom stereocenters. The van der Waals surface area contributed by atoms with Crippen LogP contribution in [0, 0.1) is 5.82 Å². The predicted octanol–water partition coefficient (Wildman–Crippen LogP) is 3.36. The minimum atomic E-state index is -0.687. The van der Waals surface area contributed by atoms with E-state index < -0.39 is 11.5 Å². The fraction of sp³-hybridized carbons (Fsp3) is 0.318. The second kappa shape index (κ2) is 7.66. The molecule has 0 atom stereocenters. The lowest BCUT2D eigenvalue weighted by Gasteiger charge is -2.46. The summed E-state index contributed by atoms with van der Waals surface area (Å²) in [5.74, 6) is -0.343. The van der Waals surface area contributed by atoms with Crippen molar-refractivity contribution < 1.29 is 9.18 Å². The van der Waals surface area contributed by atoms with Crippen LogP contribution in [0.15, 0.2) is 58.5 Å². The number of aliphatic imine (C=N–C) groups is 2. The molecule has 1 saturated carbocycles. The normalized spacial score (nSPS) is 18.3. The van der Waals surface area contributed by atoms with E-state index in [9.17, 15) is 9.18 Å². The molecule has 0 bridgehead atoms. The molecule has 6 nitrogen and oxygen atoms in total. The standard InChI is InChI=1S/C22H24FN5O/c23-16-9-10-18(17(14-16)19(29)13-15-7-3-1-4-8-15)28-21(25)26-20(24)27-22(28)11-5-2-6-12-22/h1,3-4,7-10,14H,2,5-6,11-13H2,(H4,24,25,26,27). The second-order valence-corrected chi connectivity index (χ2v) is 7.57. The van der Waals surface area contributed by atoms with Gasteiger partial charge in [0.1, 0.15) is 11.5 Å². The first-order chi connectivity index (χ1) is 14.0. The van der Waals surface area contributed by atoms with Gasteiger partial charge in [-0.15, -0.1) is 0 Å². The van der Waals surface area contributed by atoms with Crippen molar-refractivity contribution >= 4 is 23.4 Å². The fourth-order valence-electron chi connectivity index (χ4n) is 4.27. The zero-order valence-electron chi connectivity index (χ0n) is 16.1. The summed E-state index contributed by atoms with van der Waals surface area (Å²) in [5.41, 5.74) is 13.2. The largest absolute Gasteiger partial charge is 0.369 e. The summed E-state index contributed by atoms with van der Waals surface area (Å²) >= 11 is 0. The van der Waals surface area contributed by atoms with Crippen molar-refractivity contribution in [3.8, 4) is 0 Å². The summed E-state index contributed by atoms with van der Waals surface area (Å²) in [4.78, 5) is 23.7. The summed E-state index contributed by atoms with van der Waals surface area (Å²) in [5, 5.41) is 0. The van der Waals surface area contributed by atoms with Gasteiger partial charge in [-0.2, -0.15) is 4.99 Å². The zero-order valence-corrected chi connectivity index (χ0v) is 16.1. The Labute approximate surface area is 169 Å². The van der Waals surface area contributed by atoms with Gasteiger partial charge in [-0.3, -0.25) is 9.69 Å². The van der Waals surface area contributed by atoms with Crippen LogP contribution in [0.25, 0.3) is 0 Å². The van der Waals surface area contributed by atoms with E-state index in [0.29, 0.717) is 5.69 Å². The molecule has 150 valence electrons. The number of guanidine groups is 2.